The van der Waals surface area contributed by atoms with Gasteiger partial charge in [-0.05, 0) is 48.6 Å². The third-order valence-corrected chi connectivity index (χ3v) is 3.83. The van der Waals surface area contributed by atoms with Crippen LogP contribution < -0.4 is 10.6 Å². The second kappa shape index (κ2) is 7.99. The predicted octanol–water partition coefficient (Wildman–Crippen LogP) is 3.06. The largest absolute Gasteiger partial charge is 0.467 e. The van der Waals surface area contributed by atoms with E-state index in [2.05, 4.69) is 10.6 Å². The fourth-order valence-electron chi connectivity index (χ4n) is 2.31. The summed E-state index contributed by atoms with van der Waals surface area (Å²) in [5.74, 6) is 1.16. The SMILES string of the molecule is O=C(NCC(O)c1ccco1)Nc1cccc(COCC2CC2)c1. The summed E-state index contributed by atoms with van der Waals surface area (Å²) in [5, 5.41) is 15.2. The minimum absolute atomic E-state index is 0.0730. The summed E-state index contributed by atoms with van der Waals surface area (Å²) in [4.78, 5) is 11.9. The molecule has 1 heterocycles. The van der Waals surface area contributed by atoms with E-state index in [-0.39, 0.29) is 12.6 Å². The van der Waals surface area contributed by atoms with Gasteiger partial charge in [-0.1, -0.05) is 12.1 Å². The lowest BCUT2D eigenvalue weighted by Gasteiger charge is -2.11. The highest BCUT2D eigenvalue weighted by molar-refractivity contribution is 5.89. The molecule has 1 aliphatic rings. The Morgan fingerprint density at radius 3 is 2.96 bits per heavy atom. The molecule has 1 atom stereocenters. The molecule has 6 heteroatoms. The maximum atomic E-state index is 11.9. The van der Waals surface area contributed by atoms with Crippen molar-refractivity contribution in [3.63, 3.8) is 0 Å². The Kier molecular flexibility index (Phi) is 5.51. The highest BCUT2D eigenvalue weighted by atomic mass is 16.5. The number of hydrogen-bond donors (Lipinski definition) is 3. The summed E-state index contributed by atoms with van der Waals surface area (Å²) in [6, 6.07) is 10.5. The number of rotatable bonds is 8. The van der Waals surface area contributed by atoms with E-state index in [1.807, 2.05) is 24.3 Å². The number of hydrogen-bond acceptors (Lipinski definition) is 4. The molecule has 2 aromatic rings. The molecule has 0 aliphatic heterocycles. The van der Waals surface area contributed by atoms with E-state index in [1.54, 1.807) is 12.1 Å². The number of urea groups is 1. The molecule has 128 valence electrons. The van der Waals surface area contributed by atoms with Crippen LogP contribution in [-0.2, 0) is 11.3 Å². The first-order valence-electron chi connectivity index (χ1n) is 8.13. The number of aliphatic hydroxyl groups is 1. The van der Waals surface area contributed by atoms with Crippen molar-refractivity contribution in [3.8, 4) is 0 Å². The highest BCUT2D eigenvalue weighted by Gasteiger charge is 2.21. The molecule has 24 heavy (non-hydrogen) atoms. The first kappa shape index (κ1) is 16.5. The molecule has 0 saturated heterocycles. The van der Waals surface area contributed by atoms with Gasteiger partial charge in [0.15, 0.2) is 0 Å². The summed E-state index contributed by atoms with van der Waals surface area (Å²) >= 11 is 0. The topological polar surface area (TPSA) is 83.7 Å². The van der Waals surface area contributed by atoms with Gasteiger partial charge in [0.05, 0.1) is 19.4 Å². The van der Waals surface area contributed by atoms with E-state index in [4.69, 9.17) is 9.15 Å². The molecule has 1 saturated carbocycles. The highest BCUT2D eigenvalue weighted by Crippen LogP contribution is 2.29. The number of amides is 2. The van der Waals surface area contributed by atoms with Gasteiger partial charge >= 0.3 is 6.03 Å². The molecule has 1 aromatic carbocycles. The van der Waals surface area contributed by atoms with Crippen molar-refractivity contribution < 1.29 is 19.1 Å². The molecule has 1 fully saturated rings. The third-order valence-electron chi connectivity index (χ3n) is 3.83. The van der Waals surface area contributed by atoms with E-state index in [1.165, 1.54) is 19.1 Å². The molecule has 3 rings (SSSR count). The van der Waals surface area contributed by atoms with Gasteiger partial charge < -0.3 is 24.9 Å². The van der Waals surface area contributed by atoms with Crippen molar-refractivity contribution >= 4 is 11.7 Å². The number of benzene rings is 1. The molecule has 6 nitrogen and oxygen atoms in total. The number of furan rings is 1. The zero-order chi connectivity index (χ0) is 16.8. The zero-order valence-electron chi connectivity index (χ0n) is 13.4. The summed E-state index contributed by atoms with van der Waals surface area (Å²) < 4.78 is 10.7. The summed E-state index contributed by atoms with van der Waals surface area (Å²) in [7, 11) is 0. The average Bonchev–Trinajstić information content (AvgIpc) is 3.23. The number of aliphatic hydroxyl groups excluding tert-OH is 1. The average molecular weight is 330 g/mol. The fourth-order valence-corrected chi connectivity index (χ4v) is 2.31. The van der Waals surface area contributed by atoms with Crippen molar-refractivity contribution in [3.05, 3.63) is 54.0 Å². The molecular formula is C18H22N2O4. The molecule has 3 N–H and O–H groups in total. The minimum atomic E-state index is -0.868. The van der Waals surface area contributed by atoms with Gasteiger partial charge in [-0.3, -0.25) is 0 Å². The van der Waals surface area contributed by atoms with E-state index < -0.39 is 6.10 Å². The normalized spacial score (nSPS) is 15.0. The van der Waals surface area contributed by atoms with Gasteiger partial charge in [0.25, 0.3) is 0 Å². The molecule has 1 aliphatic carbocycles. The molecule has 1 aromatic heterocycles. The molecular weight excluding hydrogens is 308 g/mol. The lowest BCUT2D eigenvalue weighted by atomic mass is 10.2. The van der Waals surface area contributed by atoms with Crippen LogP contribution in [0.5, 0.6) is 0 Å². The number of carbonyl (C=O) groups excluding carboxylic acids is 1. The summed E-state index contributed by atoms with van der Waals surface area (Å²) in [6.45, 7) is 1.43. The second-order valence-corrected chi connectivity index (χ2v) is 6.03. The van der Waals surface area contributed by atoms with Gasteiger partial charge in [-0.25, -0.2) is 4.79 Å². The van der Waals surface area contributed by atoms with E-state index in [9.17, 15) is 9.90 Å². The van der Waals surface area contributed by atoms with Crippen LogP contribution in [0.4, 0.5) is 10.5 Å². The summed E-state index contributed by atoms with van der Waals surface area (Å²) in [6.07, 6.45) is 3.15. The second-order valence-electron chi connectivity index (χ2n) is 6.03. The quantitative estimate of drug-likeness (QED) is 0.694. The van der Waals surface area contributed by atoms with Crippen molar-refractivity contribution in [1.29, 1.82) is 0 Å². The molecule has 1 unspecified atom stereocenters. The third kappa shape index (κ3) is 5.11. The van der Waals surface area contributed by atoms with Crippen LogP contribution >= 0.6 is 0 Å². The van der Waals surface area contributed by atoms with Crippen LogP contribution in [0.3, 0.4) is 0 Å². The predicted molar refractivity (Wildman–Crippen MR) is 89.5 cm³/mol. The first-order valence-corrected chi connectivity index (χ1v) is 8.13. The monoisotopic (exact) mass is 330 g/mol. The smallest absolute Gasteiger partial charge is 0.319 e. The van der Waals surface area contributed by atoms with Crippen LogP contribution in [0.2, 0.25) is 0 Å². The Balaban J connectivity index is 1.43. The number of nitrogens with one attached hydrogen (secondary N) is 2. The minimum Gasteiger partial charge on any atom is -0.467 e. The maximum absolute atomic E-state index is 11.9. The Bertz CT molecular complexity index is 653. The van der Waals surface area contributed by atoms with Crippen molar-refractivity contribution in [2.75, 3.05) is 18.5 Å². The molecule has 2 amide bonds. The Morgan fingerprint density at radius 2 is 2.21 bits per heavy atom. The molecule has 0 radical (unpaired) electrons. The van der Waals surface area contributed by atoms with Crippen molar-refractivity contribution in [2.24, 2.45) is 5.92 Å². The Morgan fingerprint density at radius 1 is 1.33 bits per heavy atom. The van der Waals surface area contributed by atoms with Gasteiger partial charge in [0.1, 0.15) is 11.9 Å². The number of ether oxygens (including phenoxy) is 1. The number of carbonyl (C=O) groups is 1. The molecule has 0 bridgehead atoms. The zero-order valence-corrected chi connectivity index (χ0v) is 13.4. The number of anilines is 1. The van der Waals surface area contributed by atoms with E-state index >= 15 is 0 Å². The van der Waals surface area contributed by atoms with Gasteiger partial charge in [-0.2, -0.15) is 0 Å². The van der Waals surface area contributed by atoms with Crippen molar-refractivity contribution in [2.45, 2.75) is 25.6 Å². The first-order chi connectivity index (χ1) is 11.7. The van der Waals surface area contributed by atoms with Gasteiger partial charge in [0, 0.05) is 12.3 Å². The standard InChI is InChI=1S/C18H22N2O4/c21-16(17-5-2-8-24-17)10-19-18(22)20-15-4-1-3-14(9-15)12-23-11-13-6-7-13/h1-5,8-9,13,16,21H,6-7,10-12H2,(H2,19,20,22). The van der Waals surface area contributed by atoms with Crippen LogP contribution in [0.15, 0.2) is 47.1 Å². The van der Waals surface area contributed by atoms with Crippen LogP contribution in [0, 0.1) is 5.92 Å². The van der Waals surface area contributed by atoms with Gasteiger partial charge in [-0.15, -0.1) is 0 Å². The lowest BCUT2D eigenvalue weighted by Crippen LogP contribution is -2.32. The molecule has 0 spiro atoms. The fraction of sp³-hybridized carbons (Fsp3) is 0.389. The van der Waals surface area contributed by atoms with Crippen LogP contribution in [0.1, 0.15) is 30.3 Å². The van der Waals surface area contributed by atoms with Crippen LogP contribution in [0.25, 0.3) is 0 Å². The van der Waals surface area contributed by atoms with Crippen LogP contribution in [-0.4, -0.2) is 24.3 Å². The Hall–Kier alpha value is -2.31. The van der Waals surface area contributed by atoms with Gasteiger partial charge in [0.2, 0.25) is 0 Å². The maximum Gasteiger partial charge on any atom is 0.319 e. The van der Waals surface area contributed by atoms with Crippen molar-refractivity contribution in [1.82, 2.24) is 5.32 Å². The summed E-state index contributed by atoms with van der Waals surface area (Å²) in [5.41, 5.74) is 1.71. The Labute approximate surface area is 140 Å². The van der Waals surface area contributed by atoms with E-state index in [0.29, 0.717) is 18.1 Å². The van der Waals surface area contributed by atoms with E-state index in [0.717, 1.165) is 18.1 Å². The lowest BCUT2D eigenvalue weighted by molar-refractivity contribution is 0.111.